The third-order valence-electron chi connectivity index (χ3n) is 2.85. The minimum absolute atomic E-state index is 0.0136. The number of carboxylic acid groups (broad SMARTS) is 1. The van der Waals surface area contributed by atoms with E-state index in [4.69, 9.17) is 33.0 Å². The first-order chi connectivity index (χ1) is 10.0. The maximum absolute atomic E-state index is 11.0. The predicted molar refractivity (Wildman–Crippen MR) is 81.5 cm³/mol. The quantitative estimate of drug-likeness (QED) is 0.876. The van der Waals surface area contributed by atoms with Gasteiger partial charge in [0.25, 0.3) is 0 Å². The molecule has 7 heteroatoms. The maximum Gasteiger partial charge on any atom is 0.337 e. The predicted octanol–water partition coefficient (Wildman–Crippen LogP) is 3.71. The van der Waals surface area contributed by atoms with Crippen molar-refractivity contribution in [2.75, 3.05) is 12.4 Å². The van der Waals surface area contributed by atoms with Crippen molar-refractivity contribution >= 4 is 35.0 Å². The monoisotopic (exact) mass is 326 g/mol. The molecule has 0 saturated carbocycles. The van der Waals surface area contributed by atoms with Gasteiger partial charge in [-0.15, -0.1) is 0 Å². The minimum Gasteiger partial charge on any atom is -0.496 e. The second-order valence-corrected chi connectivity index (χ2v) is 4.89. The van der Waals surface area contributed by atoms with Gasteiger partial charge in [0, 0.05) is 23.3 Å². The van der Waals surface area contributed by atoms with E-state index in [1.54, 1.807) is 25.3 Å². The molecule has 2 N–H and O–H groups in total. The molecule has 1 heterocycles. The molecule has 0 aliphatic heterocycles. The van der Waals surface area contributed by atoms with Gasteiger partial charge in [0.15, 0.2) is 0 Å². The van der Waals surface area contributed by atoms with Crippen LogP contribution in [-0.2, 0) is 6.54 Å². The van der Waals surface area contributed by atoms with E-state index in [-0.39, 0.29) is 16.4 Å². The summed E-state index contributed by atoms with van der Waals surface area (Å²) in [6, 6.07) is 6.64. The molecule has 0 radical (unpaired) electrons. The lowest BCUT2D eigenvalue weighted by atomic mass is 10.2. The van der Waals surface area contributed by atoms with E-state index in [1.165, 1.54) is 12.3 Å². The Bertz CT molecular complexity index is 677. The van der Waals surface area contributed by atoms with E-state index in [0.29, 0.717) is 17.3 Å². The van der Waals surface area contributed by atoms with Crippen molar-refractivity contribution < 1.29 is 14.6 Å². The molecule has 0 unspecified atom stereocenters. The first-order valence-corrected chi connectivity index (χ1v) is 6.73. The fourth-order valence-electron chi connectivity index (χ4n) is 1.81. The van der Waals surface area contributed by atoms with Gasteiger partial charge >= 0.3 is 5.97 Å². The summed E-state index contributed by atoms with van der Waals surface area (Å²) in [5.41, 5.74) is 0.723. The molecule has 0 saturated heterocycles. The van der Waals surface area contributed by atoms with Crippen LogP contribution in [0.25, 0.3) is 0 Å². The highest BCUT2D eigenvalue weighted by molar-refractivity contribution is 6.35. The highest BCUT2D eigenvalue weighted by Crippen LogP contribution is 2.29. The van der Waals surface area contributed by atoms with E-state index in [1.807, 2.05) is 0 Å². The largest absolute Gasteiger partial charge is 0.496 e. The summed E-state index contributed by atoms with van der Waals surface area (Å²) in [5.74, 6) is -0.208. The first kappa shape index (κ1) is 15.4. The summed E-state index contributed by atoms with van der Waals surface area (Å²) >= 11 is 12.1. The van der Waals surface area contributed by atoms with Crippen LogP contribution in [0.2, 0.25) is 10.0 Å². The van der Waals surface area contributed by atoms with Gasteiger partial charge in [-0.05, 0) is 18.2 Å². The van der Waals surface area contributed by atoms with Crippen molar-refractivity contribution in [2.24, 2.45) is 0 Å². The van der Waals surface area contributed by atoms with Gasteiger partial charge in [-0.25, -0.2) is 9.78 Å². The average molecular weight is 327 g/mol. The van der Waals surface area contributed by atoms with Gasteiger partial charge in [-0.2, -0.15) is 0 Å². The number of pyridine rings is 1. The number of ether oxygens (including phenoxy) is 1. The molecule has 2 aromatic rings. The van der Waals surface area contributed by atoms with E-state index >= 15 is 0 Å². The Morgan fingerprint density at radius 3 is 2.81 bits per heavy atom. The first-order valence-electron chi connectivity index (χ1n) is 5.97. The SMILES string of the molecule is COc1cccc(Cl)c1CNc1nccc(C(=O)O)c1Cl. The Hall–Kier alpha value is -1.98. The Morgan fingerprint density at radius 1 is 1.38 bits per heavy atom. The van der Waals surface area contributed by atoms with E-state index < -0.39 is 5.97 Å². The Labute approximate surface area is 131 Å². The molecule has 2 rings (SSSR count). The number of hydrogen-bond donors (Lipinski definition) is 2. The van der Waals surface area contributed by atoms with Gasteiger partial charge in [0.05, 0.1) is 17.7 Å². The van der Waals surface area contributed by atoms with Crippen molar-refractivity contribution in [3.05, 3.63) is 51.6 Å². The molecule has 110 valence electrons. The smallest absolute Gasteiger partial charge is 0.337 e. The normalized spacial score (nSPS) is 10.2. The van der Waals surface area contributed by atoms with Crippen LogP contribution in [0.5, 0.6) is 5.75 Å². The number of methoxy groups -OCH3 is 1. The second-order valence-electron chi connectivity index (χ2n) is 4.10. The number of hydrogen-bond acceptors (Lipinski definition) is 4. The summed E-state index contributed by atoms with van der Waals surface area (Å²) in [6.45, 7) is 0.304. The lowest BCUT2D eigenvalue weighted by Gasteiger charge is -2.13. The molecule has 0 atom stereocenters. The molecule has 0 aliphatic carbocycles. The Morgan fingerprint density at radius 2 is 2.14 bits per heavy atom. The minimum atomic E-state index is -1.11. The topological polar surface area (TPSA) is 71.5 Å². The van der Waals surface area contributed by atoms with Crippen molar-refractivity contribution in [1.29, 1.82) is 0 Å². The summed E-state index contributed by atoms with van der Waals surface area (Å²) in [6.07, 6.45) is 1.38. The number of aromatic carboxylic acids is 1. The average Bonchev–Trinajstić information content (AvgIpc) is 2.46. The molecule has 0 aliphatic rings. The van der Waals surface area contributed by atoms with Crippen LogP contribution in [-0.4, -0.2) is 23.2 Å². The third kappa shape index (κ3) is 3.37. The van der Waals surface area contributed by atoms with Gasteiger partial charge < -0.3 is 15.2 Å². The molecular weight excluding hydrogens is 315 g/mol. The number of anilines is 1. The Kier molecular flexibility index (Phi) is 4.88. The molecule has 1 aromatic carbocycles. The number of aromatic nitrogens is 1. The molecule has 21 heavy (non-hydrogen) atoms. The molecule has 0 amide bonds. The summed E-state index contributed by atoms with van der Waals surface area (Å²) < 4.78 is 5.23. The van der Waals surface area contributed by atoms with Crippen LogP contribution in [0.3, 0.4) is 0 Å². The summed E-state index contributed by atoms with van der Waals surface area (Å²) in [4.78, 5) is 15.1. The molecule has 0 fully saturated rings. The van der Waals surface area contributed by atoms with Gasteiger partial charge in [-0.1, -0.05) is 29.3 Å². The third-order valence-corrected chi connectivity index (χ3v) is 3.58. The van der Waals surface area contributed by atoms with Crippen LogP contribution in [0.4, 0.5) is 5.82 Å². The summed E-state index contributed by atoms with van der Waals surface area (Å²) in [7, 11) is 1.55. The van der Waals surface area contributed by atoms with E-state index in [0.717, 1.165) is 5.56 Å². The van der Waals surface area contributed by atoms with E-state index in [9.17, 15) is 4.79 Å². The lowest BCUT2D eigenvalue weighted by Crippen LogP contribution is -2.07. The van der Waals surface area contributed by atoms with Crippen LogP contribution < -0.4 is 10.1 Å². The van der Waals surface area contributed by atoms with Gasteiger partial charge in [0.1, 0.15) is 11.6 Å². The standard InChI is InChI=1S/C14H12Cl2N2O3/c1-21-11-4-2-3-10(15)9(11)7-18-13-12(16)8(14(19)20)5-6-17-13/h2-6H,7H2,1H3,(H,17,18)(H,19,20). The number of carbonyl (C=O) groups is 1. The highest BCUT2D eigenvalue weighted by Gasteiger charge is 2.14. The number of nitrogens with one attached hydrogen (secondary N) is 1. The number of benzene rings is 1. The number of rotatable bonds is 5. The molecule has 0 spiro atoms. The molecular formula is C14H12Cl2N2O3. The zero-order valence-corrected chi connectivity index (χ0v) is 12.6. The maximum atomic E-state index is 11.0. The van der Waals surface area contributed by atoms with Crippen molar-refractivity contribution in [2.45, 2.75) is 6.54 Å². The van der Waals surface area contributed by atoms with Crippen molar-refractivity contribution in [3.63, 3.8) is 0 Å². The molecule has 1 aromatic heterocycles. The van der Waals surface area contributed by atoms with Gasteiger partial charge in [0.2, 0.25) is 0 Å². The summed E-state index contributed by atoms with van der Waals surface area (Å²) in [5, 5.41) is 12.6. The lowest BCUT2D eigenvalue weighted by molar-refractivity contribution is 0.0697. The number of carboxylic acids is 1. The highest BCUT2D eigenvalue weighted by atomic mass is 35.5. The zero-order chi connectivity index (χ0) is 15.4. The fraction of sp³-hybridized carbons (Fsp3) is 0.143. The van der Waals surface area contributed by atoms with Crippen LogP contribution >= 0.6 is 23.2 Å². The molecule has 0 bridgehead atoms. The van der Waals surface area contributed by atoms with Crippen LogP contribution in [0, 0.1) is 0 Å². The van der Waals surface area contributed by atoms with Gasteiger partial charge in [-0.3, -0.25) is 0 Å². The van der Waals surface area contributed by atoms with Crippen LogP contribution in [0.15, 0.2) is 30.5 Å². The van der Waals surface area contributed by atoms with Crippen molar-refractivity contribution in [3.8, 4) is 5.75 Å². The molecule has 5 nitrogen and oxygen atoms in total. The second kappa shape index (κ2) is 6.65. The van der Waals surface area contributed by atoms with Crippen LogP contribution in [0.1, 0.15) is 15.9 Å². The van der Waals surface area contributed by atoms with E-state index in [2.05, 4.69) is 10.3 Å². The zero-order valence-electron chi connectivity index (χ0n) is 11.1. The fourth-order valence-corrected chi connectivity index (χ4v) is 2.30. The number of halogens is 2. The van der Waals surface area contributed by atoms with Crippen molar-refractivity contribution in [1.82, 2.24) is 4.98 Å². The Balaban J connectivity index is 2.25. The number of nitrogens with zero attached hydrogens (tertiary/aromatic N) is 1.